The third-order valence-electron chi connectivity index (χ3n) is 2.94. The van der Waals surface area contributed by atoms with Gasteiger partial charge >= 0.3 is 0 Å². The van der Waals surface area contributed by atoms with Crippen LogP contribution in [0.25, 0.3) is 10.8 Å². The molecule has 0 amide bonds. The van der Waals surface area contributed by atoms with Gasteiger partial charge in [-0.2, -0.15) is 0 Å². The number of benzene rings is 2. The average Bonchev–Trinajstić information content (AvgIpc) is 2.45. The van der Waals surface area contributed by atoms with Crippen LogP contribution in [0.5, 0.6) is 28.7 Å². The van der Waals surface area contributed by atoms with Gasteiger partial charge in [0.15, 0.2) is 17.2 Å². The van der Waals surface area contributed by atoms with Crippen molar-refractivity contribution in [1.29, 1.82) is 0 Å². The lowest BCUT2D eigenvalue weighted by molar-refractivity contribution is 0.302. The van der Waals surface area contributed by atoms with Crippen molar-refractivity contribution < 1.29 is 24.1 Å². The van der Waals surface area contributed by atoms with Crippen LogP contribution >= 0.6 is 0 Å². The smallest absolute Gasteiger partial charge is 0.232 e. The van der Waals surface area contributed by atoms with E-state index in [4.69, 9.17) is 18.9 Å². The lowest BCUT2D eigenvalue weighted by atomic mass is 10.1. The summed E-state index contributed by atoms with van der Waals surface area (Å²) < 4.78 is 20.7. The summed E-state index contributed by atoms with van der Waals surface area (Å²) in [6.07, 6.45) is 0. The Kier molecular flexibility index (Phi) is 3.55. The number of ether oxygens (including phenoxy) is 4. The standard InChI is InChI=1S/C14H15O5/c1-16-10-5-8-6-12(18-3)14(19-4)13(15)9(8)7-11(10)17-2/h5-7H,1-4H3. The largest absolute Gasteiger partial charge is 0.493 e. The first-order chi connectivity index (χ1) is 9.15. The van der Waals surface area contributed by atoms with E-state index in [1.165, 1.54) is 21.3 Å². The second-order valence-corrected chi connectivity index (χ2v) is 3.87. The molecule has 101 valence electrons. The summed E-state index contributed by atoms with van der Waals surface area (Å²) in [5.41, 5.74) is 0. The highest BCUT2D eigenvalue weighted by molar-refractivity contribution is 5.95. The Morgan fingerprint density at radius 3 is 1.79 bits per heavy atom. The first-order valence-corrected chi connectivity index (χ1v) is 5.64. The molecule has 2 rings (SSSR count). The molecule has 0 heterocycles. The number of methoxy groups -OCH3 is 4. The summed E-state index contributed by atoms with van der Waals surface area (Å²) in [5, 5.41) is 13.5. The van der Waals surface area contributed by atoms with E-state index in [0.29, 0.717) is 28.0 Å². The van der Waals surface area contributed by atoms with Crippen LogP contribution in [-0.4, -0.2) is 28.4 Å². The minimum Gasteiger partial charge on any atom is -0.493 e. The van der Waals surface area contributed by atoms with Gasteiger partial charge in [0.1, 0.15) is 0 Å². The summed E-state index contributed by atoms with van der Waals surface area (Å²) >= 11 is 0. The molecule has 2 aromatic rings. The molecule has 0 aromatic heterocycles. The highest BCUT2D eigenvalue weighted by Gasteiger charge is 2.18. The summed E-state index contributed by atoms with van der Waals surface area (Å²) in [5.74, 6) is 1.40. The normalized spacial score (nSPS) is 10.3. The number of rotatable bonds is 4. The summed E-state index contributed by atoms with van der Waals surface area (Å²) in [6, 6.07) is 5.10. The molecular weight excluding hydrogens is 248 g/mol. The van der Waals surface area contributed by atoms with Gasteiger partial charge in [0.05, 0.1) is 28.4 Å². The Balaban J connectivity index is 2.80. The quantitative estimate of drug-likeness (QED) is 0.850. The van der Waals surface area contributed by atoms with E-state index in [2.05, 4.69) is 0 Å². The van der Waals surface area contributed by atoms with E-state index >= 15 is 0 Å². The predicted octanol–water partition coefficient (Wildman–Crippen LogP) is 3.02. The second kappa shape index (κ2) is 5.14. The SMILES string of the molecule is COc1cc2cc(OC)c(OC)c([O])c2cc1OC. The zero-order valence-electron chi connectivity index (χ0n) is 11.3. The van der Waals surface area contributed by atoms with Crippen LogP contribution in [0.15, 0.2) is 18.2 Å². The van der Waals surface area contributed by atoms with Crippen LogP contribution in [0.3, 0.4) is 0 Å². The molecule has 0 aliphatic carbocycles. The molecule has 0 bridgehead atoms. The molecule has 5 nitrogen and oxygen atoms in total. The zero-order chi connectivity index (χ0) is 14.0. The Morgan fingerprint density at radius 1 is 0.737 bits per heavy atom. The Labute approximate surface area is 111 Å². The lowest BCUT2D eigenvalue weighted by Crippen LogP contribution is -1.94. The summed E-state index contributed by atoms with van der Waals surface area (Å²) in [7, 11) is 5.99. The summed E-state index contributed by atoms with van der Waals surface area (Å²) in [4.78, 5) is 0. The maximum absolute atomic E-state index is 12.3. The number of hydrogen-bond donors (Lipinski definition) is 0. The van der Waals surface area contributed by atoms with Crippen molar-refractivity contribution in [1.82, 2.24) is 0 Å². The van der Waals surface area contributed by atoms with Crippen molar-refractivity contribution in [2.24, 2.45) is 0 Å². The van der Waals surface area contributed by atoms with E-state index in [9.17, 15) is 5.11 Å². The van der Waals surface area contributed by atoms with Gasteiger partial charge < -0.3 is 18.9 Å². The fourth-order valence-corrected chi connectivity index (χ4v) is 2.00. The van der Waals surface area contributed by atoms with Gasteiger partial charge in [-0.15, -0.1) is 0 Å². The monoisotopic (exact) mass is 263 g/mol. The Hall–Kier alpha value is -2.30. The first kappa shape index (κ1) is 13.1. The highest BCUT2D eigenvalue weighted by Crippen LogP contribution is 2.45. The van der Waals surface area contributed by atoms with Gasteiger partial charge in [-0.25, -0.2) is 0 Å². The van der Waals surface area contributed by atoms with E-state index in [1.54, 1.807) is 25.3 Å². The van der Waals surface area contributed by atoms with Crippen LogP contribution < -0.4 is 18.9 Å². The van der Waals surface area contributed by atoms with Crippen molar-refractivity contribution in [3.63, 3.8) is 0 Å². The van der Waals surface area contributed by atoms with Gasteiger partial charge in [-0.05, 0) is 23.6 Å². The van der Waals surface area contributed by atoms with Crippen molar-refractivity contribution in [3.05, 3.63) is 18.2 Å². The zero-order valence-corrected chi connectivity index (χ0v) is 11.3. The maximum Gasteiger partial charge on any atom is 0.232 e. The molecule has 0 N–H and O–H groups in total. The third-order valence-corrected chi connectivity index (χ3v) is 2.94. The van der Waals surface area contributed by atoms with Crippen LogP contribution in [0, 0.1) is 0 Å². The van der Waals surface area contributed by atoms with Crippen molar-refractivity contribution in [2.45, 2.75) is 0 Å². The lowest BCUT2D eigenvalue weighted by Gasteiger charge is -2.13. The number of hydrogen-bond acceptors (Lipinski definition) is 4. The molecule has 1 radical (unpaired) electrons. The molecule has 5 heteroatoms. The van der Waals surface area contributed by atoms with Crippen LogP contribution in [0.2, 0.25) is 0 Å². The number of fused-ring (bicyclic) bond motifs is 1. The van der Waals surface area contributed by atoms with Gasteiger partial charge in [0.25, 0.3) is 0 Å². The van der Waals surface area contributed by atoms with Gasteiger partial charge in [-0.1, -0.05) is 0 Å². The van der Waals surface area contributed by atoms with Crippen LogP contribution in [0.4, 0.5) is 0 Å². The molecule has 2 aromatic carbocycles. The maximum atomic E-state index is 12.3. The molecule has 0 unspecified atom stereocenters. The van der Waals surface area contributed by atoms with Crippen LogP contribution in [-0.2, 0) is 5.11 Å². The fourth-order valence-electron chi connectivity index (χ4n) is 2.00. The molecule has 0 aliphatic rings. The fraction of sp³-hybridized carbons (Fsp3) is 0.286. The van der Waals surface area contributed by atoms with Crippen molar-refractivity contribution >= 4 is 10.8 Å². The molecule has 0 spiro atoms. The third kappa shape index (κ3) is 2.07. The average molecular weight is 263 g/mol. The molecule has 0 atom stereocenters. The first-order valence-electron chi connectivity index (χ1n) is 5.64. The van der Waals surface area contributed by atoms with Gasteiger partial charge in [0, 0.05) is 5.39 Å². The molecule has 19 heavy (non-hydrogen) atoms. The Morgan fingerprint density at radius 2 is 1.26 bits per heavy atom. The minimum atomic E-state index is -0.238. The van der Waals surface area contributed by atoms with Crippen LogP contribution in [0.1, 0.15) is 0 Å². The highest BCUT2D eigenvalue weighted by atomic mass is 16.5. The summed E-state index contributed by atoms with van der Waals surface area (Å²) in [6.45, 7) is 0. The van der Waals surface area contributed by atoms with Crippen molar-refractivity contribution in [2.75, 3.05) is 28.4 Å². The second-order valence-electron chi connectivity index (χ2n) is 3.87. The molecular formula is C14H15O5. The van der Waals surface area contributed by atoms with Gasteiger partial charge in [-0.3, -0.25) is 5.11 Å². The van der Waals surface area contributed by atoms with Crippen molar-refractivity contribution in [3.8, 4) is 28.7 Å². The van der Waals surface area contributed by atoms with E-state index in [0.717, 1.165) is 0 Å². The molecule has 0 saturated carbocycles. The minimum absolute atomic E-state index is 0.183. The molecule has 0 aliphatic heterocycles. The van der Waals surface area contributed by atoms with E-state index in [1.807, 2.05) is 0 Å². The topological polar surface area (TPSA) is 56.8 Å². The van der Waals surface area contributed by atoms with E-state index in [-0.39, 0.29) is 11.5 Å². The van der Waals surface area contributed by atoms with Gasteiger partial charge in [0.2, 0.25) is 11.5 Å². The Bertz CT molecular complexity index is 601. The molecule has 0 saturated heterocycles. The predicted molar refractivity (Wildman–Crippen MR) is 70.3 cm³/mol. The molecule has 0 fully saturated rings. The van der Waals surface area contributed by atoms with E-state index < -0.39 is 0 Å².